The second kappa shape index (κ2) is 49.0. The van der Waals surface area contributed by atoms with E-state index in [9.17, 15) is 15.0 Å². The molecule has 2 unspecified atom stereocenters. The predicted octanol–water partition coefficient (Wildman–Crippen LogP) is 16.5. The molecule has 3 N–H and O–H groups in total. The van der Waals surface area contributed by atoms with Crippen LogP contribution < -0.4 is 5.32 Å². The van der Waals surface area contributed by atoms with Crippen LogP contribution in [0.1, 0.15) is 277 Å². The number of carbonyl (C=O) groups is 1. The summed E-state index contributed by atoms with van der Waals surface area (Å²) in [5.74, 6) is -0.0626. The number of amides is 1. The van der Waals surface area contributed by atoms with E-state index in [4.69, 9.17) is 0 Å². The van der Waals surface area contributed by atoms with Crippen LogP contribution in [0, 0.1) is 0 Å². The summed E-state index contributed by atoms with van der Waals surface area (Å²) in [5, 5.41) is 23.1. The Labute approximate surface area is 357 Å². The van der Waals surface area contributed by atoms with Gasteiger partial charge in [0.2, 0.25) is 5.91 Å². The van der Waals surface area contributed by atoms with E-state index in [0.717, 1.165) is 32.1 Å². The van der Waals surface area contributed by atoms with Gasteiger partial charge in [0.05, 0.1) is 18.8 Å². The summed E-state index contributed by atoms with van der Waals surface area (Å²) in [6, 6.07) is -0.622. The molecule has 0 saturated carbocycles. The molecule has 336 valence electrons. The van der Waals surface area contributed by atoms with Crippen molar-refractivity contribution >= 4 is 5.91 Å². The van der Waals surface area contributed by atoms with Crippen LogP contribution in [0.2, 0.25) is 0 Å². The van der Waals surface area contributed by atoms with Crippen LogP contribution in [0.15, 0.2) is 36.5 Å². The first-order valence-corrected chi connectivity index (χ1v) is 25.7. The zero-order valence-corrected chi connectivity index (χ0v) is 38.6. The molecule has 0 saturated heterocycles. The van der Waals surface area contributed by atoms with Crippen molar-refractivity contribution < 1.29 is 15.0 Å². The molecule has 1 amide bonds. The number of aliphatic hydroxyl groups is 2. The minimum Gasteiger partial charge on any atom is -0.394 e. The lowest BCUT2D eigenvalue weighted by Crippen LogP contribution is -2.45. The van der Waals surface area contributed by atoms with E-state index in [-0.39, 0.29) is 12.5 Å². The highest BCUT2D eigenvalue weighted by Crippen LogP contribution is 2.16. The van der Waals surface area contributed by atoms with E-state index in [2.05, 4.69) is 43.5 Å². The lowest BCUT2D eigenvalue weighted by atomic mass is 10.0. The van der Waals surface area contributed by atoms with E-state index in [1.807, 2.05) is 6.08 Å². The fourth-order valence-corrected chi connectivity index (χ4v) is 7.92. The van der Waals surface area contributed by atoms with Crippen molar-refractivity contribution in [1.29, 1.82) is 0 Å². The van der Waals surface area contributed by atoms with Crippen molar-refractivity contribution in [1.82, 2.24) is 5.32 Å². The van der Waals surface area contributed by atoms with Gasteiger partial charge in [0.15, 0.2) is 0 Å². The van der Waals surface area contributed by atoms with E-state index in [1.54, 1.807) is 6.08 Å². The number of hydrogen-bond acceptors (Lipinski definition) is 3. The molecule has 0 radical (unpaired) electrons. The third kappa shape index (κ3) is 45.5. The molecule has 0 aromatic rings. The van der Waals surface area contributed by atoms with Crippen molar-refractivity contribution in [2.45, 2.75) is 289 Å². The van der Waals surface area contributed by atoms with Crippen LogP contribution in [0.3, 0.4) is 0 Å². The number of carbonyl (C=O) groups excluding carboxylic acids is 1. The first-order valence-electron chi connectivity index (χ1n) is 25.7. The molecule has 0 bridgehead atoms. The lowest BCUT2D eigenvalue weighted by molar-refractivity contribution is -0.123. The normalized spacial score (nSPS) is 13.1. The Morgan fingerprint density at radius 2 is 0.719 bits per heavy atom. The Balaban J connectivity index is 3.49. The first-order chi connectivity index (χ1) is 28.2. The van der Waals surface area contributed by atoms with Gasteiger partial charge in [0, 0.05) is 6.42 Å². The van der Waals surface area contributed by atoms with Crippen molar-refractivity contribution in [2.75, 3.05) is 6.61 Å². The fourth-order valence-electron chi connectivity index (χ4n) is 7.92. The summed E-state index contributed by atoms with van der Waals surface area (Å²) in [5.41, 5.74) is 0. The number of hydrogen-bond donors (Lipinski definition) is 3. The molecule has 0 aromatic heterocycles. The molecule has 57 heavy (non-hydrogen) atoms. The molecular formula is C53H101NO3. The highest BCUT2D eigenvalue weighted by Gasteiger charge is 2.18. The molecule has 0 heterocycles. The standard InChI is InChI=1S/C53H101NO3/c1-3-5-7-9-11-13-15-17-19-21-22-23-24-25-26-27-28-29-30-31-32-33-35-37-39-41-43-45-47-49-53(57)54-51(50-55)52(56)48-46-44-42-40-38-36-34-20-18-16-14-12-10-8-6-4-2/h22-23,25-26,46,48,51-52,55-56H,3-21,24,27-45,47,49-50H2,1-2H3,(H,54,57)/b23-22-,26-25-,48-46+. The van der Waals surface area contributed by atoms with Crippen molar-refractivity contribution in [3.8, 4) is 0 Å². The Kier molecular flexibility index (Phi) is 47.8. The first kappa shape index (κ1) is 55.6. The maximum atomic E-state index is 12.4. The average Bonchev–Trinajstić information content (AvgIpc) is 3.22. The molecule has 0 rings (SSSR count). The molecule has 0 fully saturated rings. The van der Waals surface area contributed by atoms with Crippen LogP contribution >= 0.6 is 0 Å². The van der Waals surface area contributed by atoms with E-state index >= 15 is 0 Å². The minimum atomic E-state index is -0.838. The molecule has 4 nitrogen and oxygen atoms in total. The molecule has 4 heteroatoms. The SMILES string of the molecule is CCCCCCCCCCC/C=C\C/C=C\CCCCCCCCCCCCCCCC(=O)NC(CO)C(O)/C=C/CCCCCCCCCCCCCCCC. The van der Waals surface area contributed by atoms with Crippen molar-refractivity contribution in [3.05, 3.63) is 36.5 Å². The molecule has 0 aliphatic carbocycles. The highest BCUT2D eigenvalue weighted by atomic mass is 16.3. The van der Waals surface area contributed by atoms with Gasteiger partial charge in [-0.2, -0.15) is 0 Å². The Morgan fingerprint density at radius 3 is 1.05 bits per heavy atom. The van der Waals surface area contributed by atoms with Crippen molar-refractivity contribution in [3.63, 3.8) is 0 Å². The number of rotatable bonds is 47. The van der Waals surface area contributed by atoms with Gasteiger partial charge in [-0.15, -0.1) is 0 Å². The van der Waals surface area contributed by atoms with E-state index < -0.39 is 12.1 Å². The zero-order valence-electron chi connectivity index (χ0n) is 38.6. The Bertz CT molecular complexity index is 866. The number of unbranched alkanes of at least 4 members (excludes halogenated alkanes) is 36. The van der Waals surface area contributed by atoms with Crippen molar-refractivity contribution in [2.24, 2.45) is 0 Å². The van der Waals surface area contributed by atoms with Crippen LogP contribution in [-0.2, 0) is 4.79 Å². The summed E-state index contributed by atoms with van der Waals surface area (Å²) in [6.07, 6.45) is 65.7. The second-order valence-electron chi connectivity index (χ2n) is 17.6. The second-order valence-corrected chi connectivity index (χ2v) is 17.6. The van der Waals surface area contributed by atoms with Gasteiger partial charge in [-0.25, -0.2) is 0 Å². The predicted molar refractivity (Wildman–Crippen MR) is 253 cm³/mol. The summed E-state index contributed by atoms with van der Waals surface area (Å²) in [6.45, 7) is 4.33. The topological polar surface area (TPSA) is 69.6 Å². The minimum absolute atomic E-state index is 0.0626. The quantitative estimate of drug-likeness (QED) is 0.0424. The van der Waals surface area contributed by atoms with E-state index in [1.165, 1.54) is 225 Å². The summed E-state index contributed by atoms with van der Waals surface area (Å²) >= 11 is 0. The smallest absolute Gasteiger partial charge is 0.220 e. The molecule has 0 spiro atoms. The fraction of sp³-hybridized carbons (Fsp3) is 0.868. The Morgan fingerprint density at radius 1 is 0.421 bits per heavy atom. The molecule has 0 aliphatic heterocycles. The van der Waals surface area contributed by atoms with E-state index in [0.29, 0.717) is 6.42 Å². The van der Waals surface area contributed by atoms with Gasteiger partial charge < -0.3 is 15.5 Å². The van der Waals surface area contributed by atoms with Crippen LogP contribution in [0.25, 0.3) is 0 Å². The summed E-state index contributed by atoms with van der Waals surface area (Å²) in [4.78, 5) is 12.4. The highest BCUT2D eigenvalue weighted by molar-refractivity contribution is 5.76. The summed E-state index contributed by atoms with van der Waals surface area (Å²) in [7, 11) is 0. The van der Waals surface area contributed by atoms with Gasteiger partial charge in [-0.05, 0) is 51.4 Å². The van der Waals surface area contributed by atoms with Gasteiger partial charge in [-0.1, -0.05) is 256 Å². The lowest BCUT2D eigenvalue weighted by Gasteiger charge is -2.20. The van der Waals surface area contributed by atoms with Gasteiger partial charge in [0.1, 0.15) is 0 Å². The monoisotopic (exact) mass is 800 g/mol. The van der Waals surface area contributed by atoms with Gasteiger partial charge in [-0.3, -0.25) is 4.79 Å². The molecular weight excluding hydrogens is 699 g/mol. The Hall–Kier alpha value is -1.39. The van der Waals surface area contributed by atoms with Gasteiger partial charge >= 0.3 is 0 Å². The number of nitrogens with one attached hydrogen (secondary N) is 1. The number of allylic oxidation sites excluding steroid dienone is 5. The molecule has 2 atom stereocenters. The van der Waals surface area contributed by atoms with Crippen LogP contribution in [0.5, 0.6) is 0 Å². The maximum Gasteiger partial charge on any atom is 0.220 e. The zero-order chi connectivity index (χ0) is 41.4. The largest absolute Gasteiger partial charge is 0.394 e. The third-order valence-corrected chi connectivity index (χ3v) is 11.9. The molecule has 0 aliphatic rings. The summed E-state index contributed by atoms with van der Waals surface area (Å²) < 4.78 is 0. The molecule has 0 aromatic carbocycles. The van der Waals surface area contributed by atoms with Crippen LogP contribution in [-0.4, -0.2) is 34.9 Å². The maximum absolute atomic E-state index is 12.4. The van der Waals surface area contributed by atoms with Gasteiger partial charge in [0.25, 0.3) is 0 Å². The van der Waals surface area contributed by atoms with Crippen LogP contribution in [0.4, 0.5) is 0 Å². The third-order valence-electron chi connectivity index (χ3n) is 11.9. The number of aliphatic hydroxyl groups excluding tert-OH is 2. The average molecular weight is 800 g/mol.